The highest BCUT2D eigenvalue weighted by Crippen LogP contribution is 2.17. The van der Waals surface area contributed by atoms with Gasteiger partial charge in [-0.25, -0.2) is 0 Å². The predicted octanol–water partition coefficient (Wildman–Crippen LogP) is 3.11. The summed E-state index contributed by atoms with van der Waals surface area (Å²) in [6.45, 7) is 3.75. The number of aromatic nitrogens is 2. The van der Waals surface area contributed by atoms with Crippen molar-refractivity contribution in [1.29, 1.82) is 0 Å². The Morgan fingerprint density at radius 2 is 1.82 bits per heavy atom. The van der Waals surface area contributed by atoms with Crippen LogP contribution < -0.4 is 5.32 Å². The molecule has 0 atom stereocenters. The van der Waals surface area contributed by atoms with Crippen LogP contribution in [0.2, 0.25) is 0 Å². The van der Waals surface area contributed by atoms with Gasteiger partial charge in [-0.15, -0.1) is 10.2 Å². The minimum absolute atomic E-state index is 0.0511. The monoisotopic (exact) mass is 315 g/mol. The number of hydrogen-bond donors (Lipinski definition) is 1. The molecule has 6 heteroatoms. The minimum Gasteiger partial charge on any atom is -0.309 e. The van der Waals surface area contributed by atoms with Crippen LogP contribution >= 0.6 is 11.8 Å². The van der Waals surface area contributed by atoms with Crippen molar-refractivity contribution in [3.8, 4) is 0 Å². The summed E-state index contributed by atoms with van der Waals surface area (Å²) in [5.74, 6) is 0.666. The van der Waals surface area contributed by atoms with E-state index in [4.69, 9.17) is 0 Å². The largest absolute Gasteiger partial charge is 0.309 e. The van der Waals surface area contributed by atoms with Gasteiger partial charge in [0.25, 0.3) is 0 Å². The number of anilines is 1. The van der Waals surface area contributed by atoms with Gasteiger partial charge in [-0.3, -0.25) is 9.59 Å². The molecule has 1 amide bonds. The predicted molar refractivity (Wildman–Crippen MR) is 87.2 cm³/mol. The van der Waals surface area contributed by atoms with Crippen LogP contribution in [0.15, 0.2) is 41.4 Å². The van der Waals surface area contributed by atoms with Gasteiger partial charge >= 0.3 is 0 Å². The number of benzene rings is 1. The van der Waals surface area contributed by atoms with Gasteiger partial charge in [0.05, 0.1) is 5.75 Å². The second-order valence-electron chi connectivity index (χ2n) is 4.74. The fourth-order valence-electron chi connectivity index (χ4n) is 1.66. The Bertz CT molecular complexity index is 654. The van der Waals surface area contributed by atoms with E-state index in [1.807, 2.05) is 31.2 Å². The number of carbonyl (C=O) groups is 2. The Kier molecular flexibility index (Phi) is 5.66. The summed E-state index contributed by atoms with van der Waals surface area (Å²) < 4.78 is 0. The van der Waals surface area contributed by atoms with Crippen LogP contribution in [0.25, 0.3) is 0 Å². The molecule has 22 heavy (non-hydrogen) atoms. The third-order valence-electron chi connectivity index (χ3n) is 2.95. The first-order chi connectivity index (χ1) is 10.6. The summed E-state index contributed by atoms with van der Waals surface area (Å²) in [4.78, 5) is 23.3. The fourth-order valence-corrected chi connectivity index (χ4v) is 2.37. The highest BCUT2D eigenvalue weighted by molar-refractivity contribution is 7.99. The van der Waals surface area contributed by atoms with Crippen molar-refractivity contribution in [2.75, 3.05) is 11.1 Å². The third kappa shape index (κ3) is 4.66. The summed E-state index contributed by atoms with van der Waals surface area (Å²) in [7, 11) is 0. The van der Waals surface area contributed by atoms with Gasteiger partial charge in [0.15, 0.2) is 11.6 Å². The number of hydrogen-bond acceptors (Lipinski definition) is 5. The molecule has 1 heterocycles. The second kappa shape index (κ2) is 7.70. The lowest BCUT2D eigenvalue weighted by molar-refractivity contribution is -0.115. The van der Waals surface area contributed by atoms with E-state index in [9.17, 15) is 9.59 Å². The second-order valence-corrected chi connectivity index (χ2v) is 5.73. The van der Waals surface area contributed by atoms with Crippen LogP contribution in [0.1, 0.15) is 29.3 Å². The maximum Gasteiger partial charge on any atom is 0.225 e. The van der Waals surface area contributed by atoms with Gasteiger partial charge in [0.2, 0.25) is 5.91 Å². The fraction of sp³-hybridized carbons (Fsp3) is 0.250. The molecule has 0 unspecified atom stereocenters. The summed E-state index contributed by atoms with van der Waals surface area (Å²) in [6, 6.07) is 10.9. The SMILES string of the molecule is CCC(=O)Nc1ccc(SCC(=O)c2ccc(C)cc2)nn1. The highest BCUT2D eigenvalue weighted by atomic mass is 32.2. The molecule has 2 aromatic rings. The van der Waals surface area contributed by atoms with Crippen molar-refractivity contribution in [2.45, 2.75) is 25.3 Å². The van der Waals surface area contributed by atoms with E-state index in [0.29, 0.717) is 28.6 Å². The number of Topliss-reactive ketones (excluding diaryl/α,β-unsaturated/α-hetero) is 1. The molecule has 0 aliphatic rings. The van der Waals surface area contributed by atoms with Crippen LogP contribution in [0.5, 0.6) is 0 Å². The zero-order chi connectivity index (χ0) is 15.9. The zero-order valence-electron chi connectivity index (χ0n) is 12.5. The van der Waals surface area contributed by atoms with Crippen molar-refractivity contribution < 1.29 is 9.59 Å². The quantitative estimate of drug-likeness (QED) is 0.655. The van der Waals surface area contributed by atoms with Gasteiger partial charge in [-0.1, -0.05) is 48.5 Å². The van der Waals surface area contributed by atoms with E-state index in [1.165, 1.54) is 11.8 Å². The van der Waals surface area contributed by atoms with E-state index in [2.05, 4.69) is 15.5 Å². The Morgan fingerprint density at radius 1 is 1.09 bits per heavy atom. The van der Waals surface area contributed by atoms with E-state index < -0.39 is 0 Å². The maximum absolute atomic E-state index is 12.1. The number of carbonyl (C=O) groups excluding carboxylic acids is 2. The Labute approximate surface area is 133 Å². The molecule has 0 saturated heterocycles. The summed E-state index contributed by atoms with van der Waals surface area (Å²) >= 11 is 1.33. The minimum atomic E-state index is -0.107. The van der Waals surface area contributed by atoms with E-state index in [1.54, 1.807) is 19.1 Å². The van der Waals surface area contributed by atoms with Crippen molar-refractivity contribution in [3.63, 3.8) is 0 Å². The molecule has 1 aromatic heterocycles. The van der Waals surface area contributed by atoms with Crippen LogP contribution in [-0.4, -0.2) is 27.6 Å². The van der Waals surface area contributed by atoms with Crippen molar-refractivity contribution in [2.24, 2.45) is 0 Å². The van der Waals surface area contributed by atoms with Gasteiger partial charge in [0.1, 0.15) is 5.03 Å². The summed E-state index contributed by atoms with van der Waals surface area (Å²) in [5, 5.41) is 11.2. The average Bonchev–Trinajstić information content (AvgIpc) is 2.54. The number of thioether (sulfide) groups is 1. The molecule has 0 bridgehead atoms. The first kappa shape index (κ1) is 16.2. The molecule has 0 radical (unpaired) electrons. The lowest BCUT2D eigenvalue weighted by atomic mass is 10.1. The molecule has 0 aliphatic heterocycles. The van der Waals surface area contributed by atoms with Gasteiger partial charge in [0, 0.05) is 12.0 Å². The first-order valence-electron chi connectivity index (χ1n) is 6.94. The molecule has 5 nitrogen and oxygen atoms in total. The average molecular weight is 315 g/mol. The van der Waals surface area contributed by atoms with Crippen LogP contribution in [0.3, 0.4) is 0 Å². The van der Waals surface area contributed by atoms with E-state index in [0.717, 1.165) is 5.56 Å². The molecule has 0 aliphatic carbocycles. The number of rotatable bonds is 6. The number of ketones is 1. The van der Waals surface area contributed by atoms with Crippen LogP contribution in [0, 0.1) is 6.92 Å². The molecule has 1 aromatic carbocycles. The molecular weight excluding hydrogens is 298 g/mol. The number of nitrogens with zero attached hydrogens (tertiary/aromatic N) is 2. The molecule has 0 saturated carbocycles. The van der Waals surface area contributed by atoms with Crippen molar-refractivity contribution in [1.82, 2.24) is 10.2 Å². The zero-order valence-corrected chi connectivity index (χ0v) is 13.3. The van der Waals surface area contributed by atoms with Crippen molar-refractivity contribution in [3.05, 3.63) is 47.5 Å². The standard InChI is InChI=1S/C16H17N3O2S/c1-3-15(21)17-14-8-9-16(19-18-14)22-10-13(20)12-6-4-11(2)5-7-12/h4-9H,3,10H2,1-2H3,(H,17,18,21). The lowest BCUT2D eigenvalue weighted by Gasteiger charge is -2.03. The summed E-state index contributed by atoms with van der Waals surface area (Å²) in [5.41, 5.74) is 1.82. The molecule has 114 valence electrons. The van der Waals surface area contributed by atoms with E-state index in [-0.39, 0.29) is 11.7 Å². The topological polar surface area (TPSA) is 72.0 Å². The van der Waals surface area contributed by atoms with E-state index >= 15 is 0 Å². The Hall–Kier alpha value is -2.21. The molecule has 2 rings (SSSR count). The smallest absolute Gasteiger partial charge is 0.225 e. The highest BCUT2D eigenvalue weighted by Gasteiger charge is 2.08. The number of amides is 1. The third-order valence-corrected chi connectivity index (χ3v) is 3.87. The summed E-state index contributed by atoms with van der Waals surface area (Å²) in [6.07, 6.45) is 0.392. The maximum atomic E-state index is 12.1. The molecule has 1 N–H and O–H groups in total. The Morgan fingerprint density at radius 3 is 2.41 bits per heavy atom. The lowest BCUT2D eigenvalue weighted by Crippen LogP contribution is -2.11. The normalized spacial score (nSPS) is 10.3. The number of nitrogens with one attached hydrogen (secondary N) is 1. The van der Waals surface area contributed by atoms with Crippen molar-refractivity contribution >= 4 is 29.3 Å². The number of aryl methyl sites for hydroxylation is 1. The molecular formula is C16H17N3O2S. The van der Waals surface area contributed by atoms with Gasteiger partial charge in [-0.05, 0) is 19.1 Å². The van der Waals surface area contributed by atoms with Gasteiger partial charge < -0.3 is 5.32 Å². The van der Waals surface area contributed by atoms with Gasteiger partial charge in [-0.2, -0.15) is 0 Å². The molecule has 0 spiro atoms. The van der Waals surface area contributed by atoms with Crippen LogP contribution in [0.4, 0.5) is 5.82 Å². The molecule has 0 fully saturated rings. The first-order valence-corrected chi connectivity index (χ1v) is 7.93. The van der Waals surface area contributed by atoms with Crippen LogP contribution in [-0.2, 0) is 4.79 Å². The Balaban J connectivity index is 1.90.